The van der Waals surface area contributed by atoms with Gasteiger partial charge in [0.05, 0.1) is 16.8 Å². The second-order valence-corrected chi connectivity index (χ2v) is 8.13. The maximum absolute atomic E-state index is 13.3. The Balaban J connectivity index is 1.56. The van der Waals surface area contributed by atoms with Crippen LogP contribution in [0.4, 0.5) is 19.0 Å². The van der Waals surface area contributed by atoms with E-state index in [-0.39, 0.29) is 0 Å². The van der Waals surface area contributed by atoms with Crippen molar-refractivity contribution in [3.8, 4) is 11.1 Å². The molecule has 164 valence electrons. The molecule has 0 unspecified atom stereocenters. The second-order valence-electron chi connectivity index (χ2n) is 8.13. The van der Waals surface area contributed by atoms with Crippen molar-refractivity contribution in [2.24, 2.45) is 7.05 Å². The van der Waals surface area contributed by atoms with E-state index in [0.29, 0.717) is 42.1 Å². The summed E-state index contributed by atoms with van der Waals surface area (Å²) in [5.41, 5.74) is 4.73. The van der Waals surface area contributed by atoms with Crippen LogP contribution < -0.4 is 4.90 Å². The molecule has 0 amide bonds. The minimum atomic E-state index is -4.43. The Labute approximate surface area is 182 Å². The molecule has 3 aromatic heterocycles. The summed E-state index contributed by atoms with van der Waals surface area (Å²) in [6.07, 6.45) is 0.0774. The minimum absolute atomic E-state index is 0.404. The van der Waals surface area contributed by atoms with Crippen molar-refractivity contribution in [2.45, 2.75) is 33.0 Å². The fraction of sp³-hybridized carbons (Fsp3) is 0.304. The first-order valence-corrected chi connectivity index (χ1v) is 10.3. The highest BCUT2D eigenvalue weighted by molar-refractivity contribution is 5.90. The summed E-state index contributed by atoms with van der Waals surface area (Å²) in [5.74, 6) is 1.04. The normalized spacial score (nSPS) is 14.1. The van der Waals surface area contributed by atoms with Crippen molar-refractivity contribution in [1.29, 1.82) is 0 Å². The number of nitrogens with zero attached hydrogens (tertiary/aromatic N) is 6. The number of hydrogen-bond acceptors (Lipinski definition) is 5. The zero-order chi connectivity index (χ0) is 22.6. The largest absolute Gasteiger partial charge is 0.416 e. The van der Waals surface area contributed by atoms with Crippen LogP contribution in [-0.2, 0) is 26.2 Å². The minimum Gasteiger partial charge on any atom is -0.351 e. The molecule has 1 aliphatic rings. The quantitative estimate of drug-likeness (QED) is 0.457. The average molecular weight is 438 g/mol. The third-order valence-corrected chi connectivity index (χ3v) is 5.78. The monoisotopic (exact) mass is 438 g/mol. The molecule has 0 spiro atoms. The van der Waals surface area contributed by atoms with Crippen LogP contribution in [0.2, 0.25) is 0 Å². The van der Waals surface area contributed by atoms with E-state index in [1.165, 1.54) is 6.07 Å². The molecule has 0 aliphatic carbocycles. The Kier molecular flexibility index (Phi) is 4.65. The highest BCUT2D eigenvalue weighted by Crippen LogP contribution is 2.35. The summed E-state index contributed by atoms with van der Waals surface area (Å²) in [5, 5.41) is 4.81. The standard InChI is InChI=1S/C23H21F3N6/c1-13-19(12-31(3)30-13)15-8-16-11-32(7-6-20(16)27-10-15)22-18-9-17(23(24,25)26)4-5-21(18)28-14(2)29-22/h4-5,8-10,12H,6-7,11H2,1-3H3. The Hall–Kier alpha value is -3.49. The number of anilines is 1. The van der Waals surface area contributed by atoms with E-state index in [9.17, 15) is 13.2 Å². The summed E-state index contributed by atoms with van der Waals surface area (Å²) in [6.45, 7) is 4.84. The van der Waals surface area contributed by atoms with Gasteiger partial charge in [0.1, 0.15) is 11.6 Å². The van der Waals surface area contributed by atoms with Crippen LogP contribution in [-0.4, -0.2) is 31.3 Å². The van der Waals surface area contributed by atoms with Crippen LogP contribution in [0.1, 0.15) is 28.3 Å². The molecule has 9 heteroatoms. The maximum atomic E-state index is 13.3. The molecule has 0 saturated heterocycles. The molecule has 0 radical (unpaired) electrons. The molecule has 0 atom stereocenters. The molecule has 0 fully saturated rings. The van der Waals surface area contributed by atoms with Crippen LogP contribution in [0.3, 0.4) is 0 Å². The van der Waals surface area contributed by atoms with Gasteiger partial charge in [0.25, 0.3) is 0 Å². The zero-order valence-corrected chi connectivity index (χ0v) is 17.9. The number of fused-ring (bicyclic) bond motifs is 2. The van der Waals surface area contributed by atoms with E-state index in [2.05, 4.69) is 26.1 Å². The molecular formula is C23H21F3N6. The molecule has 32 heavy (non-hydrogen) atoms. The van der Waals surface area contributed by atoms with E-state index in [4.69, 9.17) is 0 Å². The number of hydrogen-bond donors (Lipinski definition) is 0. The highest BCUT2D eigenvalue weighted by atomic mass is 19.4. The molecule has 6 nitrogen and oxygen atoms in total. The molecule has 4 aromatic rings. The van der Waals surface area contributed by atoms with E-state index in [1.807, 2.05) is 31.3 Å². The predicted molar refractivity (Wildman–Crippen MR) is 115 cm³/mol. The highest BCUT2D eigenvalue weighted by Gasteiger charge is 2.31. The van der Waals surface area contributed by atoms with Gasteiger partial charge in [0.15, 0.2) is 0 Å². The topological polar surface area (TPSA) is 59.7 Å². The van der Waals surface area contributed by atoms with Crippen LogP contribution in [0.25, 0.3) is 22.0 Å². The molecule has 1 aromatic carbocycles. The number of pyridine rings is 1. The van der Waals surface area contributed by atoms with Crippen LogP contribution >= 0.6 is 0 Å². The molecule has 0 N–H and O–H groups in total. The lowest BCUT2D eigenvalue weighted by Gasteiger charge is -2.30. The lowest BCUT2D eigenvalue weighted by Crippen LogP contribution is -2.32. The van der Waals surface area contributed by atoms with Crippen molar-refractivity contribution in [3.05, 3.63) is 65.0 Å². The SMILES string of the molecule is Cc1nc(N2CCc3ncc(-c4cn(C)nc4C)cc3C2)c2cc(C(F)(F)F)ccc2n1. The predicted octanol–water partition coefficient (Wildman–Crippen LogP) is 4.62. The molecule has 4 heterocycles. The fourth-order valence-corrected chi connectivity index (χ4v) is 4.28. The Morgan fingerprint density at radius 3 is 2.59 bits per heavy atom. The summed E-state index contributed by atoms with van der Waals surface area (Å²) in [4.78, 5) is 15.5. The third-order valence-electron chi connectivity index (χ3n) is 5.78. The average Bonchev–Trinajstić information content (AvgIpc) is 3.09. The first kappa shape index (κ1) is 20.4. The molecule has 0 bridgehead atoms. The first-order chi connectivity index (χ1) is 15.2. The second kappa shape index (κ2) is 7.29. The van der Waals surface area contributed by atoms with E-state index in [1.54, 1.807) is 11.6 Å². The van der Waals surface area contributed by atoms with Gasteiger partial charge in [0.2, 0.25) is 0 Å². The summed E-state index contributed by atoms with van der Waals surface area (Å²) < 4.78 is 41.8. The third kappa shape index (κ3) is 3.57. The Bertz CT molecular complexity index is 1340. The summed E-state index contributed by atoms with van der Waals surface area (Å²) in [7, 11) is 1.88. The number of benzene rings is 1. The van der Waals surface area contributed by atoms with E-state index in [0.717, 1.165) is 40.2 Å². The summed E-state index contributed by atoms with van der Waals surface area (Å²) in [6, 6.07) is 5.72. The number of aryl methyl sites for hydroxylation is 3. The van der Waals surface area contributed by atoms with Gasteiger partial charge in [-0.3, -0.25) is 9.67 Å². The van der Waals surface area contributed by atoms with Gasteiger partial charge in [0, 0.05) is 61.2 Å². The van der Waals surface area contributed by atoms with E-state index >= 15 is 0 Å². The number of alkyl halides is 3. The smallest absolute Gasteiger partial charge is 0.351 e. The van der Waals surface area contributed by atoms with Crippen LogP contribution in [0, 0.1) is 13.8 Å². The van der Waals surface area contributed by atoms with Crippen LogP contribution in [0.5, 0.6) is 0 Å². The lowest BCUT2D eigenvalue weighted by molar-refractivity contribution is -0.137. The van der Waals surface area contributed by atoms with Gasteiger partial charge in [-0.1, -0.05) is 0 Å². The zero-order valence-electron chi connectivity index (χ0n) is 17.9. The number of aromatic nitrogens is 5. The first-order valence-electron chi connectivity index (χ1n) is 10.3. The van der Waals surface area contributed by atoms with Gasteiger partial charge in [-0.15, -0.1) is 0 Å². The molecule has 0 saturated carbocycles. The van der Waals surface area contributed by atoms with Crippen molar-refractivity contribution in [3.63, 3.8) is 0 Å². The van der Waals surface area contributed by atoms with Gasteiger partial charge >= 0.3 is 6.18 Å². The molecule has 1 aliphatic heterocycles. The van der Waals surface area contributed by atoms with Gasteiger partial charge in [-0.05, 0) is 43.7 Å². The Morgan fingerprint density at radius 1 is 1.06 bits per heavy atom. The van der Waals surface area contributed by atoms with Crippen molar-refractivity contribution >= 4 is 16.7 Å². The summed E-state index contributed by atoms with van der Waals surface area (Å²) >= 11 is 0. The van der Waals surface area contributed by atoms with Crippen molar-refractivity contribution in [2.75, 3.05) is 11.4 Å². The van der Waals surface area contributed by atoms with Crippen molar-refractivity contribution in [1.82, 2.24) is 24.7 Å². The molecular weight excluding hydrogens is 417 g/mol. The Morgan fingerprint density at radius 2 is 1.88 bits per heavy atom. The van der Waals surface area contributed by atoms with Crippen LogP contribution in [0.15, 0.2) is 36.7 Å². The number of rotatable bonds is 2. The van der Waals surface area contributed by atoms with E-state index < -0.39 is 11.7 Å². The van der Waals surface area contributed by atoms with Gasteiger partial charge in [-0.2, -0.15) is 18.3 Å². The fourth-order valence-electron chi connectivity index (χ4n) is 4.28. The number of halogens is 3. The lowest BCUT2D eigenvalue weighted by atomic mass is 10.00. The molecule has 5 rings (SSSR count). The van der Waals surface area contributed by atoms with Gasteiger partial charge < -0.3 is 4.90 Å². The van der Waals surface area contributed by atoms with Gasteiger partial charge in [-0.25, -0.2) is 9.97 Å². The van der Waals surface area contributed by atoms with Crippen molar-refractivity contribution < 1.29 is 13.2 Å². The maximum Gasteiger partial charge on any atom is 0.416 e.